The summed E-state index contributed by atoms with van der Waals surface area (Å²) in [4.78, 5) is 37.0. The molecular formula is C18H19FN4O3. The second-order valence-corrected chi connectivity index (χ2v) is 6.28. The Balaban J connectivity index is 1.66. The van der Waals surface area contributed by atoms with Crippen LogP contribution in [0.2, 0.25) is 0 Å². The van der Waals surface area contributed by atoms with E-state index in [1.165, 1.54) is 24.3 Å². The van der Waals surface area contributed by atoms with E-state index in [0.29, 0.717) is 19.4 Å². The molecule has 3 rings (SSSR count). The Bertz CT molecular complexity index is 761. The van der Waals surface area contributed by atoms with Gasteiger partial charge in [-0.05, 0) is 36.6 Å². The highest BCUT2D eigenvalue weighted by atomic mass is 19.1. The highest BCUT2D eigenvalue weighted by molar-refractivity contribution is 5.92. The Labute approximate surface area is 150 Å². The van der Waals surface area contributed by atoms with E-state index >= 15 is 0 Å². The molecule has 7 nitrogen and oxygen atoms in total. The number of nitrogens with zero attached hydrogens (tertiary/aromatic N) is 3. The normalized spacial score (nSPS) is 20.5. The summed E-state index contributed by atoms with van der Waals surface area (Å²) in [6.45, 7) is 0.834. The molecule has 0 aliphatic carbocycles. The summed E-state index contributed by atoms with van der Waals surface area (Å²) in [5.41, 5.74) is 0.756. The lowest BCUT2D eigenvalue weighted by Crippen LogP contribution is -2.47. The smallest absolute Gasteiger partial charge is 0.287 e. The van der Waals surface area contributed by atoms with E-state index < -0.39 is 17.9 Å². The van der Waals surface area contributed by atoms with Gasteiger partial charge in [-0.15, -0.1) is 5.11 Å². The van der Waals surface area contributed by atoms with E-state index in [2.05, 4.69) is 15.5 Å². The Hall–Kier alpha value is -2.90. The molecule has 3 amide bonds. The fourth-order valence-electron chi connectivity index (χ4n) is 3.11. The van der Waals surface area contributed by atoms with Crippen LogP contribution in [0, 0.1) is 5.82 Å². The van der Waals surface area contributed by atoms with Crippen molar-refractivity contribution in [2.24, 2.45) is 10.2 Å². The van der Waals surface area contributed by atoms with Crippen molar-refractivity contribution in [3.05, 3.63) is 47.8 Å². The molecule has 1 saturated heterocycles. The monoisotopic (exact) mass is 358 g/mol. The number of carbonyl (C=O) groups is 3. The first-order valence-corrected chi connectivity index (χ1v) is 8.47. The Morgan fingerprint density at radius 2 is 2.23 bits per heavy atom. The van der Waals surface area contributed by atoms with E-state index in [-0.39, 0.29) is 24.3 Å². The van der Waals surface area contributed by atoms with Crippen molar-refractivity contribution >= 4 is 17.7 Å². The zero-order valence-electron chi connectivity index (χ0n) is 14.1. The van der Waals surface area contributed by atoms with Crippen LogP contribution >= 0.6 is 0 Å². The third-order valence-electron chi connectivity index (χ3n) is 4.39. The average molecular weight is 358 g/mol. The molecule has 0 radical (unpaired) electrons. The molecule has 2 atom stereocenters. The molecular weight excluding hydrogens is 339 g/mol. The van der Waals surface area contributed by atoms with Gasteiger partial charge in [-0.2, -0.15) is 5.11 Å². The number of likely N-dealkylation sites (tertiary alicyclic amines) is 1. The summed E-state index contributed by atoms with van der Waals surface area (Å²) >= 11 is 0. The summed E-state index contributed by atoms with van der Waals surface area (Å²) in [6, 6.07) is 5.08. The molecule has 2 aliphatic heterocycles. The summed E-state index contributed by atoms with van der Waals surface area (Å²) in [7, 11) is 0. The van der Waals surface area contributed by atoms with Crippen molar-refractivity contribution in [1.29, 1.82) is 0 Å². The lowest BCUT2D eigenvalue weighted by atomic mass is 10.0. The van der Waals surface area contributed by atoms with Gasteiger partial charge < -0.3 is 10.2 Å². The molecule has 0 saturated carbocycles. The molecule has 136 valence electrons. The maximum absolute atomic E-state index is 13.5. The molecule has 1 N–H and O–H groups in total. The van der Waals surface area contributed by atoms with Gasteiger partial charge in [0.15, 0.2) is 6.04 Å². The van der Waals surface area contributed by atoms with Crippen molar-refractivity contribution in [3.8, 4) is 0 Å². The number of amides is 3. The minimum atomic E-state index is -0.850. The largest absolute Gasteiger partial charge is 0.352 e. The molecule has 0 spiro atoms. The highest BCUT2D eigenvalue weighted by Crippen LogP contribution is 2.17. The van der Waals surface area contributed by atoms with E-state index in [0.717, 1.165) is 12.0 Å². The predicted molar refractivity (Wildman–Crippen MR) is 90.6 cm³/mol. The van der Waals surface area contributed by atoms with Crippen LogP contribution in [0.4, 0.5) is 4.39 Å². The number of nitrogens with one attached hydrogen (secondary N) is 1. The SMILES string of the molecule is O=C1C=CC(C(=O)NCC(Cc2cccc(F)c2)N2CCCC2=O)N=N1. The van der Waals surface area contributed by atoms with Crippen LogP contribution in [0.1, 0.15) is 18.4 Å². The molecule has 1 aromatic carbocycles. The van der Waals surface area contributed by atoms with Gasteiger partial charge in [0.2, 0.25) is 5.91 Å². The first-order valence-electron chi connectivity index (χ1n) is 8.47. The topological polar surface area (TPSA) is 91.2 Å². The van der Waals surface area contributed by atoms with E-state index in [9.17, 15) is 18.8 Å². The Morgan fingerprint density at radius 3 is 2.88 bits per heavy atom. The van der Waals surface area contributed by atoms with E-state index in [4.69, 9.17) is 0 Å². The molecule has 1 fully saturated rings. The molecule has 0 bridgehead atoms. The number of rotatable bonds is 6. The molecule has 2 heterocycles. The second kappa shape index (κ2) is 7.99. The highest BCUT2D eigenvalue weighted by Gasteiger charge is 2.29. The summed E-state index contributed by atoms with van der Waals surface area (Å²) < 4.78 is 13.5. The lowest BCUT2D eigenvalue weighted by Gasteiger charge is -2.28. The Morgan fingerprint density at radius 1 is 1.38 bits per heavy atom. The number of hydrogen-bond donors (Lipinski definition) is 1. The molecule has 2 aliphatic rings. The molecule has 8 heteroatoms. The number of hydrogen-bond acceptors (Lipinski definition) is 4. The number of benzene rings is 1. The molecule has 26 heavy (non-hydrogen) atoms. The molecule has 2 unspecified atom stereocenters. The van der Waals surface area contributed by atoms with Crippen molar-refractivity contribution in [1.82, 2.24) is 10.2 Å². The van der Waals surface area contributed by atoms with Gasteiger partial charge in [-0.3, -0.25) is 14.4 Å². The van der Waals surface area contributed by atoms with E-state index in [1.54, 1.807) is 17.0 Å². The zero-order valence-corrected chi connectivity index (χ0v) is 14.1. The van der Waals surface area contributed by atoms with Crippen LogP contribution in [0.5, 0.6) is 0 Å². The van der Waals surface area contributed by atoms with Crippen LogP contribution in [0.3, 0.4) is 0 Å². The quantitative estimate of drug-likeness (QED) is 0.833. The van der Waals surface area contributed by atoms with Gasteiger partial charge in [0, 0.05) is 25.6 Å². The summed E-state index contributed by atoms with van der Waals surface area (Å²) in [5.74, 6) is -1.20. The fraction of sp³-hybridized carbons (Fsp3) is 0.389. The molecule has 1 aromatic rings. The van der Waals surface area contributed by atoms with Gasteiger partial charge in [-0.1, -0.05) is 12.1 Å². The van der Waals surface area contributed by atoms with Crippen LogP contribution in [0.25, 0.3) is 0 Å². The lowest BCUT2D eigenvalue weighted by molar-refractivity contribution is -0.130. The van der Waals surface area contributed by atoms with E-state index in [1.807, 2.05) is 0 Å². The van der Waals surface area contributed by atoms with Crippen LogP contribution in [-0.4, -0.2) is 47.8 Å². The van der Waals surface area contributed by atoms with Crippen molar-refractivity contribution < 1.29 is 18.8 Å². The number of halogens is 1. The van der Waals surface area contributed by atoms with Crippen LogP contribution in [-0.2, 0) is 20.8 Å². The predicted octanol–water partition coefficient (Wildman–Crippen LogP) is 1.39. The first-order chi connectivity index (χ1) is 12.5. The van der Waals surface area contributed by atoms with Gasteiger partial charge in [0.1, 0.15) is 5.82 Å². The minimum Gasteiger partial charge on any atom is -0.352 e. The van der Waals surface area contributed by atoms with Gasteiger partial charge >= 0.3 is 0 Å². The Kier molecular flexibility index (Phi) is 5.50. The van der Waals surface area contributed by atoms with Gasteiger partial charge in [-0.25, -0.2) is 4.39 Å². The summed E-state index contributed by atoms with van der Waals surface area (Å²) in [5, 5.41) is 9.76. The maximum atomic E-state index is 13.5. The second-order valence-electron chi connectivity index (χ2n) is 6.28. The summed E-state index contributed by atoms with van der Waals surface area (Å²) in [6.07, 6.45) is 4.27. The minimum absolute atomic E-state index is 0.0310. The third kappa shape index (κ3) is 4.38. The number of azo groups is 1. The maximum Gasteiger partial charge on any atom is 0.287 e. The number of carbonyl (C=O) groups excluding carboxylic acids is 3. The standard InChI is InChI=1S/C18H19FN4O3/c19-13-4-1-3-12(9-13)10-14(23-8-2-5-17(23)25)11-20-18(26)15-6-7-16(24)22-21-15/h1,3-4,6-7,9,14-15H,2,5,8,10-11H2,(H,20,26). The van der Waals surface area contributed by atoms with Crippen LogP contribution < -0.4 is 5.32 Å². The first kappa shape index (κ1) is 17.9. The van der Waals surface area contributed by atoms with Crippen molar-refractivity contribution in [2.75, 3.05) is 13.1 Å². The van der Waals surface area contributed by atoms with Crippen LogP contribution in [0.15, 0.2) is 46.6 Å². The third-order valence-corrected chi connectivity index (χ3v) is 4.39. The van der Waals surface area contributed by atoms with Gasteiger partial charge in [0.25, 0.3) is 11.8 Å². The molecule has 0 aromatic heterocycles. The van der Waals surface area contributed by atoms with Gasteiger partial charge in [0.05, 0.1) is 6.04 Å². The average Bonchev–Trinajstić information content (AvgIpc) is 3.05. The van der Waals surface area contributed by atoms with Crippen molar-refractivity contribution in [2.45, 2.75) is 31.3 Å². The zero-order chi connectivity index (χ0) is 18.5. The van der Waals surface area contributed by atoms with Crippen molar-refractivity contribution in [3.63, 3.8) is 0 Å². The fourth-order valence-corrected chi connectivity index (χ4v) is 3.11.